The molecule has 8 aromatic carbocycles. The highest BCUT2D eigenvalue weighted by atomic mass is 32.1. The van der Waals surface area contributed by atoms with E-state index in [1.807, 2.05) is 78.1 Å². The van der Waals surface area contributed by atoms with Gasteiger partial charge in [-0.05, 0) is 69.8 Å². The summed E-state index contributed by atoms with van der Waals surface area (Å²) in [5.74, 6) is 2.73. The van der Waals surface area contributed by atoms with Gasteiger partial charge in [0.25, 0.3) is 0 Å². The molecule has 1 unspecified atom stereocenters. The van der Waals surface area contributed by atoms with Gasteiger partial charge in [-0.2, -0.15) is 0 Å². The largest absolute Gasteiger partial charge is 0.359 e. The summed E-state index contributed by atoms with van der Waals surface area (Å²) in [5.41, 5.74) is 11.5. The minimum atomic E-state index is -0.0408. The van der Waals surface area contributed by atoms with Crippen LogP contribution in [0.4, 0.5) is 0 Å². The van der Waals surface area contributed by atoms with Gasteiger partial charge < -0.3 is 5.32 Å². The van der Waals surface area contributed by atoms with Crippen molar-refractivity contribution in [1.29, 1.82) is 0 Å². The Labute approximate surface area is 358 Å². The second kappa shape index (κ2) is 15.8. The fourth-order valence-corrected chi connectivity index (χ4v) is 9.27. The number of nitrogens with zero attached hydrogens (tertiary/aromatic N) is 4. The topological polar surface area (TPSA) is 63.1 Å². The van der Waals surface area contributed by atoms with Crippen molar-refractivity contribution < 1.29 is 0 Å². The normalized spacial score (nSPS) is 13.7. The molecule has 1 atom stereocenters. The lowest BCUT2D eigenvalue weighted by atomic mass is 9.91. The van der Waals surface area contributed by atoms with E-state index in [-0.39, 0.29) is 6.04 Å². The summed E-state index contributed by atoms with van der Waals surface area (Å²) in [6.07, 6.45) is 2.22. The molecule has 2 aromatic heterocycles. The van der Waals surface area contributed by atoms with Gasteiger partial charge in [-0.15, -0.1) is 11.3 Å². The summed E-state index contributed by atoms with van der Waals surface area (Å²) in [6, 6.07) is 72.0. The summed E-state index contributed by atoms with van der Waals surface area (Å²) in [5, 5.41) is 6.26. The zero-order valence-electron chi connectivity index (χ0n) is 33.0. The Morgan fingerprint density at radius 2 is 0.869 bits per heavy atom. The van der Waals surface area contributed by atoms with Crippen LogP contribution in [0.3, 0.4) is 0 Å². The fraction of sp³-hybridized carbons (Fsp3) is 0.0182. The van der Waals surface area contributed by atoms with Crippen molar-refractivity contribution in [2.24, 2.45) is 4.99 Å². The smallest absolute Gasteiger partial charge is 0.164 e. The zero-order chi connectivity index (χ0) is 40.5. The van der Waals surface area contributed by atoms with Crippen molar-refractivity contribution in [3.05, 3.63) is 229 Å². The third-order valence-electron chi connectivity index (χ3n) is 11.2. The molecule has 0 saturated heterocycles. The van der Waals surface area contributed by atoms with Gasteiger partial charge in [-0.1, -0.05) is 176 Å². The van der Waals surface area contributed by atoms with Crippen molar-refractivity contribution in [3.8, 4) is 56.4 Å². The molecule has 0 amide bonds. The van der Waals surface area contributed by atoms with E-state index in [1.165, 1.54) is 25.7 Å². The van der Waals surface area contributed by atoms with Crippen molar-refractivity contribution in [2.45, 2.75) is 6.04 Å². The zero-order valence-corrected chi connectivity index (χ0v) is 33.8. The van der Waals surface area contributed by atoms with Crippen LogP contribution in [0.1, 0.15) is 22.7 Å². The second-order valence-electron chi connectivity index (χ2n) is 15.1. The molecule has 0 aliphatic carbocycles. The molecule has 6 heteroatoms. The van der Waals surface area contributed by atoms with Crippen LogP contribution < -0.4 is 5.32 Å². The molecule has 0 radical (unpaired) electrons. The number of nitrogens with one attached hydrogen (secondary N) is 1. The third-order valence-corrected chi connectivity index (χ3v) is 12.3. The maximum Gasteiger partial charge on any atom is 0.164 e. The van der Waals surface area contributed by atoms with Crippen LogP contribution in [-0.2, 0) is 0 Å². The number of thiophene rings is 1. The van der Waals surface area contributed by atoms with Gasteiger partial charge in [0.1, 0.15) is 5.84 Å². The molecular formula is C55H37N5S. The van der Waals surface area contributed by atoms with Gasteiger partial charge in [0.05, 0.1) is 11.7 Å². The Morgan fingerprint density at radius 1 is 0.377 bits per heavy atom. The molecule has 0 bridgehead atoms. The van der Waals surface area contributed by atoms with E-state index in [1.54, 1.807) is 0 Å². The summed E-state index contributed by atoms with van der Waals surface area (Å²) in [4.78, 5) is 20.3. The molecule has 1 aliphatic rings. The lowest BCUT2D eigenvalue weighted by Crippen LogP contribution is -2.31. The predicted molar refractivity (Wildman–Crippen MR) is 253 cm³/mol. The van der Waals surface area contributed by atoms with Gasteiger partial charge in [-0.3, -0.25) is 0 Å². The van der Waals surface area contributed by atoms with Crippen molar-refractivity contribution >= 4 is 43.0 Å². The van der Waals surface area contributed by atoms with Crippen molar-refractivity contribution in [2.75, 3.05) is 0 Å². The molecule has 288 valence electrons. The minimum absolute atomic E-state index is 0.0408. The van der Waals surface area contributed by atoms with Crippen molar-refractivity contribution in [1.82, 2.24) is 20.3 Å². The van der Waals surface area contributed by atoms with Crippen LogP contribution in [0.15, 0.2) is 217 Å². The first-order chi connectivity index (χ1) is 30.2. The second-order valence-corrected chi connectivity index (χ2v) is 16.2. The predicted octanol–water partition coefficient (Wildman–Crippen LogP) is 13.7. The summed E-state index contributed by atoms with van der Waals surface area (Å²) in [7, 11) is 0. The van der Waals surface area contributed by atoms with Crippen LogP contribution >= 0.6 is 11.3 Å². The van der Waals surface area contributed by atoms with Crippen LogP contribution in [-0.4, -0.2) is 20.8 Å². The Kier molecular flexibility index (Phi) is 9.37. The van der Waals surface area contributed by atoms with E-state index in [0.717, 1.165) is 61.6 Å². The van der Waals surface area contributed by atoms with Crippen LogP contribution in [0.25, 0.3) is 82.3 Å². The van der Waals surface area contributed by atoms with Gasteiger partial charge in [0.15, 0.2) is 17.5 Å². The number of rotatable bonds is 8. The Hall–Kier alpha value is -7.80. The third kappa shape index (κ3) is 7.20. The van der Waals surface area contributed by atoms with Crippen LogP contribution in [0.2, 0.25) is 0 Å². The lowest BCUT2D eigenvalue weighted by Gasteiger charge is -2.25. The van der Waals surface area contributed by atoms with Gasteiger partial charge in [0, 0.05) is 42.4 Å². The number of benzene rings is 8. The first-order valence-corrected chi connectivity index (χ1v) is 21.2. The number of fused-ring (bicyclic) bond motifs is 3. The molecule has 0 fully saturated rings. The summed E-state index contributed by atoms with van der Waals surface area (Å²) >= 11 is 1.83. The first-order valence-electron chi connectivity index (χ1n) is 20.4. The summed E-state index contributed by atoms with van der Waals surface area (Å²) in [6.45, 7) is 0. The van der Waals surface area contributed by atoms with Crippen molar-refractivity contribution in [3.63, 3.8) is 0 Å². The van der Waals surface area contributed by atoms with Gasteiger partial charge >= 0.3 is 0 Å². The molecule has 61 heavy (non-hydrogen) atoms. The number of aromatic nitrogens is 3. The number of amidine groups is 1. The number of aliphatic imine (C=N–C) groups is 1. The molecular weight excluding hydrogens is 763 g/mol. The van der Waals surface area contributed by atoms with Crippen LogP contribution in [0, 0.1) is 0 Å². The SMILES string of the molecule is C1=C(c2ccccc2)N=C(c2cccc(-c3cc4sc5ccccc5c4cc3-c3cccc(-c4nc(-c5ccccc5)nc(-c5ccccc5)n4)c3)c2)NC1c1ccccc1. The molecule has 10 aromatic rings. The highest BCUT2D eigenvalue weighted by Crippen LogP contribution is 2.43. The van der Waals surface area contributed by atoms with Gasteiger partial charge in [0.2, 0.25) is 0 Å². The minimum Gasteiger partial charge on any atom is -0.359 e. The molecule has 11 rings (SSSR count). The van der Waals surface area contributed by atoms with E-state index in [0.29, 0.717) is 17.5 Å². The first kappa shape index (κ1) is 36.3. The van der Waals surface area contributed by atoms with E-state index >= 15 is 0 Å². The van der Waals surface area contributed by atoms with Crippen LogP contribution in [0.5, 0.6) is 0 Å². The average Bonchev–Trinajstić information content (AvgIpc) is 3.72. The maximum absolute atomic E-state index is 5.24. The monoisotopic (exact) mass is 799 g/mol. The Balaban J connectivity index is 1.06. The molecule has 1 aliphatic heterocycles. The maximum atomic E-state index is 5.24. The fourth-order valence-electron chi connectivity index (χ4n) is 8.14. The average molecular weight is 800 g/mol. The molecule has 1 N–H and O–H groups in total. The van der Waals surface area contributed by atoms with E-state index in [9.17, 15) is 0 Å². The van der Waals surface area contributed by atoms with E-state index in [4.69, 9.17) is 19.9 Å². The molecule has 0 saturated carbocycles. The molecule has 0 spiro atoms. The molecule has 3 heterocycles. The Morgan fingerprint density at radius 3 is 1.52 bits per heavy atom. The van der Waals surface area contributed by atoms with Gasteiger partial charge in [-0.25, -0.2) is 19.9 Å². The molecule has 5 nitrogen and oxygen atoms in total. The lowest BCUT2D eigenvalue weighted by molar-refractivity contribution is 0.781. The highest BCUT2D eigenvalue weighted by molar-refractivity contribution is 7.25. The number of hydrogen-bond acceptors (Lipinski definition) is 6. The quantitative estimate of drug-likeness (QED) is 0.166. The Bertz CT molecular complexity index is 3210. The van der Waals surface area contributed by atoms with E-state index in [2.05, 4.69) is 151 Å². The summed E-state index contributed by atoms with van der Waals surface area (Å²) < 4.78 is 2.51. The standard InChI is InChI=1S/C55H37N5S/c1-5-17-36(18-6-1)48-35-49(37-19-7-2-8-20-37)57-54(56-48)42-27-16-26-41(32-42)46-34-51-47(44-29-13-14-30-50(44)61-51)33-45(46)40-25-15-28-43(31-40)55-59-52(38-21-9-3-10-22-38)58-53(60-55)39-23-11-4-12-24-39/h1-35,48H,(H,56,57). The van der Waals surface area contributed by atoms with E-state index < -0.39 is 0 Å². The highest BCUT2D eigenvalue weighted by Gasteiger charge is 2.21. The number of hydrogen-bond donors (Lipinski definition) is 1.